The number of aromatic nitrogens is 2. The average molecular weight is 359 g/mol. The number of carbonyl (C=O) groups is 1. The van der Waals surface area contributed by atoms with Crippen LogP contribution >= 0.6 is 0 Å². The van der Waals surface area contributed by atoms with Crippen molar-refractivity contribution in [3.63, 3.8) is 0 Å². The van der Waals surface area contributed by atoms with Gasteiger partial charge in [0.05, 0.1) is 23.1 Å². The lowest BCUT2D eigenvalue weighted by Crippen LogP contribution is -2.53. The molecular formula is C21H34N4O. The first kappa shape index (κ1) is 18.0. The van der Waals surface area contributed by atoms with Gasteiger partial charge in [-0.05, 0) is 89.5 Å². The summed E-state index contributed by atoms with van der Waals surface area (Å²) >= 11 is 0. The fourth-order valence-electron chi connectivity index (χ4n) is 6.53. The van der Waals surface area contributed by atoms with Crippen LogP contribution in [0.4, 0.5) is 5.69 Å². The summed E-state index contributed by atoms with van der Waals surface area (Å²) in [5, 5.41) is 7.53. The topological polar surface area (TPSA) is 50.2 Å². The van der Waals surface area contributed by atoms with Gasteiger partial charge in [0.1, 0.15) is 0 Å². The minimum absolute atomic E-state index is 0.0800. The lowest BCUT2D eigenvalue weighted by Gasteiger charge is -2.58. The number of likely N-dealkylation sites (N-methyl/N-ethyl adjacent to an activating group) is 1. The van der Waals surface area contributed by atoms with Crippen LogP contribution in [0, 0.1) is 37.0 Å². The molecule has 0 spiro atoms. The SMILES string of the molecule is Cc1nn(C)c(C)c1NC(=O)C(C)N(C)CC12CC3CC(CC(C3)C1)C2. The van der Waals surface area contributed by atoms with Gasteiger partial charge in [0.15, 0.2) is 0 Å². The lowest BCUT2D eigenvalue weighted by atomic mass is 9.49. The lowest BCUT2D eigenvalue weighted by molar-refractivity contribution is -0.122. The summed E-state index contributed by atoms with van der Waals surface area (Å²) in [5.74, 6) is 2.95. The molecule has 144 valence electrons. The predicted octanol–water partition coefficient (Wildman–Crippen LogP) is 3.51. The molecule has 5 nitrogen and oxygen atoms in total. The molecule has 0 aliphatic heterocycles. The Labute approximate surface area is 157 Å². The molecule has 4 fully saturated rings. The Bertz CT molecular complexity index is 672. The molecule has 26 heavy (non-hydrogen) atoms. The molecule has 0 saturated heterocycles. The molecule has 0 aromatic carbocycles. The van der Waals surface area contributed by atoms with Crippen molar-refractivity contribution in [2.75, 3.05) is 18.9 Å². The molecular weight excluding hydrogens is 324 g/mol. The quantitative estimate of drug-likeness (QED) is 0.876. The number of nitrogens with one attached hydrogen (secondary N) is 1. The molecule has 0 radical (unpaired) electrons. The van der Waals surface area contributed by atoms with Crippen molar-refractivity contribution in [1.82, 2.24) is 14.7 Å². The molecule has 1 atom stereocenters. The smallest absolute Gasteiger partial charge is 0.241 e. The van der Waals surface area contributed by atoms with Crippen LogP contribution in [-0.4, -0.2) is 40.2 Å². The molecule has 4 aliphatic rings. The molecule has 4 aliphatic carbocycles. The summed E-state index contributed by atoms with van der Waals surface area (Å²) in [4.78, 5) is 15.2. The van der Waals surface area contributed by atoms with Gasteiger partial charge < -0.3 is 5.32 Å². The third-order valence-corrected chi connectivity index (χ3v) is 7.55. The average Bonchev–Trinajstić information content (AvgIpc) is 2.78. The van der Waals surface area contributed by atoms with Gasteiger partial charge in [0, 0.05) is 13.6 Å². The van der Waals surface area contributed by atoms with E-state index in [9.17, 15) is 4.79 Å². The van der Waals surface area contributed by atoms with E-state index >= 15 is 0 Å². The normalized spacial score (nSPS) is 33.7. The number of anilines is 1. The zero-order valence-corrected chi connectivity index (χ0v) is 17.0. The highest BCUT2D eigenvalue weighted by Gasteiger charge is 2.51. The van der Waals surface area contributed by atoms with Gasteiger partial charge in [0.25, 0.3) is 0 Å². The van der Waals surface area contributed by atoms with Crippen LogP contribution < -0.4 is 5.32 Å². The third-order valence-electron chi connectivity index (χ3n) is 7.55. The Morgan fingerprint density at radius 1 is 1.23 bits per heavy atom. The van der Waals surface area contributed by atoms with Gasteiger partial charge in [-0.15, -0.1) is 0 Å². The zero-order chi connectivity index (χ0) is 18.6. The summed E-state index contributed by atoms with van der Waals surface area (Å²) in [6.07, 6.45) is 8.57. The van der Waals surface area contributed by atoms with Gasteiger partial charge in [0.2, 0.25) is 5.91 Å². The van der Waals surface area contributed by atoms with E-state index in [4.69, 9.17) is 0 Å². The Balaban J connectivity index is 1.41. The van der Waals surface area contributed by atoms with E-state index in [1.54, 1.807) is 0 Å². The number of hydrogen-bond acceptors (Lipinski definition) is 3. The van der Waals surface area contributed by atoms with E-state index in [2.05, 4.69) is 22.4 Å². The van der Waals surface area contributed by atoms with Crippen LogP contribution in [0.2, 0.25) is 0 Å². The van der Waals surface area contributed by atoms with E-state index in [-0.39, 0.29) is 11.9 Å². The summed E-state index contributed by atoms with van der Waals surface area (Å²) in [5.41, 5.74) is 3.23. The second-order valence-corrected chi connectivity index (χ2v) is 9.67. The zero-order valence-electron chi connectivity index (χ0n) is 17.0. The maximum atomic E-state index is 12.9. The maximum Gasteiger partial charge on any atom is 0.241 e. The Kier molecular flexibility index (Phi) is 4.41. The van der Waals surface area contributed by atoms with Crippen molar-refractivity contribution in [1.29, 1.82) is 0 Å². The largest absolute Gasteiger partial charge is 0.322 e. The number of nitrogens with zero attached hydrogens (tertiary/aromatic N) is 3. The molecule has 1 aromatic heterocycles. The van der Waals surface area contributed by atoms with Crippen LogP contribution in [0.3, 0.4) is 0 Å². The van der Waals surface area contributed by atoms with Crippen LogP contribution in [0.15, 0.2) is 0 Å². The summed E-state index contributed by atoms with van der Waals surface area (Å²) < 4.78 is 1.83. The predicted molar refractivity (Wildman–Crippen MR) is 104 cm³/mol. The van der Waals surface area contributed by atoms with Crippen molar-refractivity contribution in [3.05, 3.63) is 11.4 Å². The van der Waals surface area contributed by atoms with Gasteiger partial charge in [-0.1, -0.05) is 0 Å². The minimum atomic E-state index is -0.123. The molecule has 1 heterocycles. The minimum Gasteiger partial charge on any atom is -0.322 e. The molecule has 4 saturated carbocycles. The van der Waals surface area contributed by atoms with E-state index < -0.39 is 0 Å². The molecule has 1 aromatic rings. The third kappa shape index (κ3) is 3.08. The van der Waals surface area contributed by atoms with E-state index in [0.717, 1.165) is 41.4 Å². The molecule has 1 amide bonds. The van der Waals surface area contributed by atoms with Crippen LogP contribution in [-0.2, 0) is 11.8 Å². The molecule has 5 rings (SSSR count). The summed E-state index contributed by atoms with van der Waals surface area (Å²) in [6, 6.07) is -0.123. The van der Waals surface area contributed by atoms with Crippen molar-refractivity contribution in [3.8, 4) is 0 Å². The summed E-state index contributed by atoms with van der Waals surface area (Å²) in [6.45, 7) is 7.05. The van der Waals surface area contributed by atoms with E-state index in [1.807, 2.05) is 32.5 Å². The van der Waals surface area contributed by atoms with Crippen molar-refractivity contribution < 1.29 is 4.79 Å². The number of carbonyl (C=O) groups excluding carboxylic acids is 1. The van der Waals surface area contributed by atoms with Gasteiger partial charge in [-0.3, -0.25) is 14.4 Å². The van der Waals surface area contributed by atoms with Crippen molar-refractivity contribution in [2.24, 2.45) is 30.2 Å². The van der Waals surface area contributed by atoms with Gasteiger partial charge in [-0.2, -0.15) is 5.10 Å². The second-order valence-electron chi connectivity index (χ2n) is 9.67. The number of amides is 1. The fraction of sp³-hybridized carbons (Fsp3) is 0.810. The van der Waals surface area contributed by atoms with E-state index in [0.29, 0.717) is 5.41 Å². The molecule has 1 N–H and O–H groups in total. The molecule has 1 unspecified atom stereocenters. The fourth-order valence-corrected chi connectivity index (χ4v) is 6.53. The molecule has 4 bridgehead atoms. The first-order chi connectivity index (χ1) is 12.3. The molecule has 5 heteroatoms. The van der Waals surface area contributed by atoms with Crippen LogP contribution in [0.25, 0.3) is 0 Å². The van der Waals surface area contributed by atoms with Crippen LogP contribution in [0.5, 0.6) is 0 Å². The highest BCUT2D eigenvalue weighted by molar-refractivity contribution is 5.95. The Morgan fingerprint density at radius 2 is 1.77 bits per heavy atom. The monoisotopic (exact) mass is 358 g/mol. The summed E-state index contributed by atoms with van der Waals surface area (Å²) in [7, 11) is 4.05. The van der Waals surface area contributed by atoms with Crippen molar-refractivity contribution >= 4 is 11.6 Å². The first-order valence-corrected chi connectivity index (χ1v) is 10.3. The first-order valence-electron chi connectivity index (χ1n) is 10.3. The van der Waals surface area contributed by atoms with Gasteiger partial charge >= 0.3 is 0 Å². The highest BCUT2D eigenvalue weighted by atomic mass is 16.2. The van der Waals surface area contributed by atoms with Gasteiger partial charge in [-0.25, -0.2) is 0 Å². The number of rotatable bonds is 5. The number of aryl methyl sites for hydroxylation is 2. The van der Waals surface area contributed by atoms with Crippen molar-refractivity contribution in [2.45, 2.75) is 65.3 Å². The highest BCUT2D eigenvalue weighted by Crippen LogP contribution is 2.60. The Morgan fingerprint density at radius 3 is 2.23 bits per heavy atom. The standard InChI is InChI=1S/C21H34N4O/c1-13-19(14(2)25(5)23-13)22-20(26)15(3)24(4)12-21-9-16-6-17(10-21)8-18(7-16)11-21/h15-18H,6-12H2,1-5H3,(H,22,26). The Hall–Kier alpha value is -1.36. The maximum absolute atomic E-state index is 12.9. The van der Waals surface area contributed by atoms with E-state index in [1.165, 1.54) is 38.5 Å². The number of hydrogen-bond donors (Lipinski definition) is 1. The van der Waals surface area contributed by atoms with Crippen LogP contribution in [0.1, 0.15) is 56.8 Å². The second kappa shape index (κ2) is 6.36.